The zero-order valence-corrected chi connectivity index (χ0v) is 10.1. The molecular formula is C10H17F2N3O3. The van der Waals surface area contributed by atoms with Gasteiger partial charge in [0.2, 0.25) is 5.89 Å². The first-order chi connectivity index (χ1) is 8.63. The number of nitrogens with zero attached hydrogens (tertiary/aromatic N) is 2. The number of ether oxygens (including phenoxy) is 2. The maximum Gasteiger partial charge on any atom is 0.261 e. The van der Waals surface area contributed by atoms with Gasteiger partial charge in [-0.3, -0.25) is 0 Å². The van der Waals surface area contributed by atoms with Gasteiger partial charge in [0.15, 0.2) is 5.82 Å². The lowest BCUT2D eigenvalue weighted by Gasteiger charge is -2.04. The van der Waals surface area contributed by atoms with Crippen LogP contribution in [0.25, 0.3) is 0 Å². The summed E-state index contributed by atoms with van der Waals surface area (Å²) in [5.41, 5.74) is 5.78. The molecule has 0 fully saturated rings. The first-order valence-corrected chi connectivity index (χ1v) is 5.56. The van der Waals surface area contributed by atoms with Crippen molar-refractivity contribution in [1.29, 1.82) is 0 Å². The third-order valence-corrected chi connectivity index (χ3v) is 2.15. The quantitative estimate of drug-likeness (QED) is 0.669. The number of aromatic nitrogens is 2. The summed E-state index contributed by atoms with van der Waals surface area (Å²) in [4.78, 5) is 4.05. The van der Waals surface area contributed by atoms with E-state index in [-0.39, 0.29) is 12.6 Å². The molecule has 6 nitrogen and oxygen atoms in total. The molecule has 0 aliphatic rings. The number of hydrogen-bond acceptors (Lipinski definition) is 6. The van der Waals surface area contributed by atoms with Crippen LogP contribution in [-0.4, -0.2) is 43.5 Å². The maximum atomic E-state index is 11.8. The molecule has 0 amide bonds. The zero-order chi connectivity index (χ0) is 13.4. The van der Waals surface area contributed by atoms with Crippen molar-refractivity contribution in [1.82, 2.24) is 10.1 Å². The highest BCUT2D eigenvalue weighted by atomic mass is 19.3. The fourth-order valence-electron chi connectivity index (χ4n) is 1.22. The lowest BCUT2D eigenvalue weighted by atomic mass is 10.2. The van der Waals surface area contributed by atoms with Gasteiger partial charge in [-0.25, -0.2) is 8.78 Å². The minimum atomic E-state index is -2.46. The number of methoxy groups -OCH3 is 1. The van der Waals surface area contributed by atoms with Crippen LogP contribution in [-0.2, 0) is 15.9 Å². The van der Waals surface area contributed by atoms with E-state index < -0.39 is 13.0 Å². The Morgan fingerprint density at radius 2 is 2.17 bits per heavy atom. The van der Waals surface area contributed by atoms with Gasteiger partial charge in [-0.2, -0.15) is 4.98 Å². The van der Waals surface area contributed by atoms with Gasteiger partial charge in [-0.05, 0) is 6.42 Å². The lowest BCUT2D eigenvalue weighted by molar-refractivity contribution is 0.0182. The van der Waals surface area contributed by atoms with Crippen LogP contribution in [0, 0.1) is 0 Å². The molecule has 1 unspecified atom stereocenters. The van der Waals surface area contributed by atoms with Crippen molar-refractivity contribution in [2.24, 2.45) is 5.73 Å². The van der Waals surface area contributed by atoms with Crippen LogP contribution in [0.5, 0.6) is 0 Å². The van der Waals surface area contributed by atoms with Crippen molar-refractivity contribution in [3.05, 3.63) is 11.7 Å². The van der Waals surface area contributed by atoms with E-state index in [0.29, 0.717) is 31.2 Å². The Hall–Kier alpha value is -1.12. The van der Waals surface area contributed by atoms with E-state index in [1.165, 1.54) is 0 Å². The first-order valence-electron chi connectivity index (χ1n) is 5.56. The molecular weight excluding hydrogens is 248 g/mol. The Morgan fingerprint density at radius 1 is 1.39 bits per heavy atom. The van der Waals surface area contributed by atoms with Crippen LogP contribution >= 0.6 is 0 Å². The summed E-state index contributed by atoms with van der Waals surface area (Å²) >= 11 is 0. The monoisotopic (exact) mass is 265 g/mol. The lowest BCUT2D eigenvalue weighted by Crippen LogP contribution is -2.13. The van der Waals surface area contributed by atoms with Crippen molar-refractivity contribution in [2.45, 2.75) is 25.3 Å². The summed E-state index contributed by atoms with van der Waals surface area (Å²) < 4.78 is 38.1. The molecule has 1 rings (SSSR count). The smallest absolute Gasteiger partial charge is 0.261 e. The van der Waals surface area contributed by atoms with E-state index in [4.69, 9.17) is 19.7 Å². The molecule has 1 aromatic heterocycles. The van der Waals surface area contributed by atoms with Crippen LogP contribution < -0.4 is 5.73 Å². The van der Waals surface area contributed by atoms with Gasteiger partial charge < -0.3 is 19.7 Å². The number of rotatable bonds is 9. The van der Waals surface area contributed by atoms with Crippen molar-refractivity contribution >= 4 is 0 Å². The molecule has 18 heavy (non-hydrogen) atoms. The molecule has 0 aliphatic heterocycles. The van der Waals surface area contributed by atoms with Gasteiger partial charge in [-0.1, -0.05) is 5.16 Å². The highest BCUT2D eigenvalue weighted by Gasteiger charge is 2.14. The largest absolute Gasteiger partial charge is 0.385 e. The zero-order valence-electron chi connectivity index (χ0n) is 10.1. The third kappa shape index (κ3) is 5.48. The molecule has 104 valence electrons. The highest BCUT2D eigenvalue weighted by Crippen LogP contribution is 2.11. The second-order valence-electron chi connectivity index (χ2n) is 3.65. The molecule has 0 saturated heterocycles. The van der Waals surface area contributed by atoms with E-state index >= 15 is 0 Å². The second-order valence-corrected chi connectivity index (χ2v) is 3.65. The standard InChI is InChI=1S/C10H17F2N3O3/c1-16-4-2-7(13)10-14-9(15-18-10)3-5-17-6-8(11)12/h7-8H,2-6,13H2,1H3. The number of nitrogens with two attached hydrogens (primary N) is 1. The molecule has 0 radical (unpaired) electrons. The average molecular weight is 265 g/mol. The van der Waals surface area contributed by atoms with Crippen LogP contribution in [0.4, 0.5) is 8.78 Å². The molecule has 1 atom stereocenters. The molecule has 1 heterocycles. The van der Waals surface area contributed by atoms with E-state index in [1.807, 2.05) is 0 Å². The summed E-state index contributed by atoms with van der Waals surface area (Å²) in [6, 6.07) is -0.381. The Balaban J connectivity index is 2.29. The van der Waals surface area contributed by atoms with Gasteiger partial charge in [-0.15, -0.1) is 0 Å². The maximum absolute atomic E-state index is 11.8. The van der Waals surface area contributed by atoms with E-state index in [0.717, 1.165) is 0 Å². The average Bonchev–Trinajstić information content (AvgIpc) is 2.80. The van der Waals surface area contributed by atoms with Gasteiger partial charge in [0.25, 0.3) is 6.43 Å². The molecule has 2 N–H and O–H groups in total. The van der Waals surface area contributed by atoms with Gasteiger partial charge in [0.1, 0.15) is 6.61 Å². The number of alkyl halides is 2. The normalized spacial score (nSPS) is 13.2. The Morgan fingerprint density at radius 3 is 2.83 bits per heavy atom. The summed E-state index contributed by atoms with van der Waals surface area (Å²) in [6.45, 7) is 0.0328. The number of hydrogen-bond donors (Lipinski definition) is 1. The molecule has 1 aromatic rings. The fraction of sp³-hybridized carbons (Fsp3) is 0.800. The van der Waals surface area contributed by atoms with Crippen LogP contribution in [0.15, 0.2) is 4.52 Å². The second kappa shape index (κ2) is 8.06. The Kier molecular flexibility index (Phi) is 6.69. The summed E-state index contributed by atoms with van der Waals surface area (Å²) in [7, 11) is 1.58. The predicted molar refractivity (Wildman–Crippen MR) is 58.2 cm³/mol. The summed E-state index contributed by atoms with van der Waals surface area (Å²) in [5, 5.41) is 3.69. The van der Waals surface area contributed by atoms with E-state index in [9.17, 15) is 8.78 Å². The first kappa shape index (κ1) is 14.9. The Labute approximate surface area is 103 Å². The molecule has 0 aromatic carbocycles. The molecule has 0 spiro atoms. The van der Waals surface area contributed by atoms with Crippen molar-refractivity contribution in [3.63, 3.8) is 0 Å². The van der Waals surface area contributed by atoms with Gasteiger partial charge in [0.05, 0.1) is 12.6 Å². The number of halogens is 2. The summed E-state index contributed by atoms with van der Waals surface area (Å²) in [5.74, 6) is 0.711. The van der Waals surface area contributed by atoms with Crippen molar-refractivity contribution < 1.29 is 22.8 Å². The fourth-order valence-corrected chi connectivity index (χ4v) is 1.22. The minimum Gasteiger partial charge on any atom is -0.385 e. The van der Waals surface area contributed by atoms with E-state index in [2.05, 4.69) is 10.1 Å². The molecule has 0 saturated carbocycles. The molecule has 0 aliphatic carbocycles. The highest BCUT2D eigenvalue weighted by molar-refractivity contribution is 4.91. The summed E-state index contributed by atoms with van der Waals surface area (Å²) in [6.07, 6.45) is -1.58. The minimum absolute atomic E-state index is 0.122. The van der Waals surface area contributed by atoms with Crippen molar-refractivity contribution in [2.75, 3.05) is 26.9 Å². The van der Waals surface area contributed by atoms with Crippen LogP contribution in [0.3, 0.4) is 0 Å². The van der Waals surface area contributed by atoms with Crippen molar-refractivity contribution in [3.8, 4) is 0 Å². The van der Waals surface area contributed by atoms with Crippen LogP contribution in [0.1, 0.15) is 24.2 Å². The third-order valence-electron chi connectivity index (χ3n) is 2.15. The molecule has 0 bridgehead atoms. The van der Waals surface area contributed by atoms with Gasteiger partial charge >= 0.3 is 0 Å². The van der Waals surface area contributed by atoms with Crippen LogP contribution in [0.2, 0.25) is 0 Å². The van der Waals surface area contributed by atoms with E-state index in [1.54, 1.807) is 7.11 Å². The van der Waals surface area contributed by atoms with Gasteiger partial charge in [0, 0.05) is 20.1 Å². The predicted octanol–water partition coefficient (Wildman–Crippen LogP) is 0.930. The topological polar surface area (TPSA) is 83.4 Å². The molecule has 8 heteroatoms. The Bertz CT molecular complexity index is 336. The SMILES string of the molecule is COCCC(N)c1nc(CCOCC(F)F)no1.